The molecule has 0 spiro atoms. The molecule has 2 aromatic carbocycles. The van der Waals surface area contributed by atoms with Crippen LogP contribution < -0.4 is 0 Å². The lowest BCUT2D eigenvalue weighted by atomic mass is 10.1. The Morgan fingerprint density at radius 3 is 2.62 bits per heavy atom. The lowest BCUT2D eigenvalue weighted by Crippen LogP contribution is -2.42. The highest BCUT2D eigenvalue weighted by atomic mass is 19.1. The second-order valence-electron chi connectivity index (χ2n) is 5.44. The smallest absolute Gasteiger partial charge is 0.282 e. The molecule has 0 aromatic heterocycles. The molecule has 124 valence electrons. The van der Waals surface area contributed by atoms with Gasteiger partial charge in [0.25, 0.3) is 11.6 Å². The third-order valence-electron chi connectivity index (χ3n) is 3.93. The van der Waals surface area contributed by atoms with Crippen molar-refractivity contribution in [2.24, 2.45) is 0 Å². The van der Waals surface area contributed by atoms with E-state index in [1.807, 2.05) is 0 Å². The van der Waals surface area contributed by atoms with Crippen LogP contribution in [0.15, 0.2) is 48.5 Å². The van der Waals surface area contributed by atoms with Crippen LogP contribution in [0, 0.1) is 15.9 Å². The van der Waals surface area contributed by atoms with Gasteiger partial charge >= 0.3 is 0 Å². The summed E-state index contributed by atoms with van der Waals surface area (Å²) in [6.45, 7) is 0.924. The summed E-state index contributed by atoms with van der Waals surface area (Å²) in [6, 6.07) is 11.8. The Bertz CT molecular complexity index is 763. The van der Waals surface area contributed by atoms with E-state index in [-0.39, 0.29) is 29.7 Å². The number of hydrogen-bond acceptors (Lipinski definition) is 4. The normalized spacial score (nSPS) is 17.5. The molecule has 1 fully saturated rings. The second kappa shape index (κ2) is 6.76. The summed E-state index contributed by atoms with van der Waals surface area (Å²) in [5.74, 6) is -0.750. The number of morpholine rings is 1. The minimum Gasteiger partial charge on any atom is -0.370 e. The van der Waals surface area contributed by atoms with Gasteiger partial charge in [-0.05, 0) is 23.8 Å². The quantitative estimate of drug-likeness (QED) is 0.641. The van der Waals surface area contributed by atoms with E-state index in [2.05, 4.69) is 0 Å². The highest BCUT2D eigenvalue weighted by molar-refractivity contribution is 5.98. The van der Waals surface area contributed by atoms with Crippen molar-refractivity contribution >= 4 is 11.6 Å². The molecule has 1 aliphatic heterocycles. The Morgan fingerprint density at radius 2 is 1.92 bits per heavy atom. The second-order valence-corrected chi connectivity index (χ2v) is 5.44. The summed E-state index contributed by atoms with van der Waals surface area (Å²) < 4.78 is 18.7. The maximum atomic E-state index is 13.0. The Kier molecular flexibility index (Phi) is 4.52. The number of halogens is 1. The van der Waals surface area contributed by atoms with Gasteiger partial charge in [0.1, 0.15) is 17.5 Å². The number of nitro groups is 1. The van der Waals surface area contributed by atoms with E-state index >= 15 is 0 Å². The van der Waals surface area contributed by atoms with Gasteiger partial charge in [0.15, 0.2) is 0 Å². The van der Waals surface area contributed by atoms with Gasteiger partial charge in [0, 0.05) is 12.6 Å². The van der Waals surface area contributed by atoms with Crippen LogP contribution in [0.5, 0.6) is 0 Å². The molecule has 6 nitrogen and oxygen atoms in total. The molecule has 1 unspecified atom stereocenters. The minimum atomic E-state index is -0.564. The molecular formula is C17H15FN2O4. The van der Waals surface area contributed by atoms with E-state index in [9.17, 15) is 19.3 Å². The third-order valence-corrected chi connectivity index (χ3v) is 3.93. The zero-order chi connectivity index (χ0) is 17.1. The van der Waals surface area contributed by atoms with Crippen LogP contribution in [-0.4, -0.2) is 35.4 Å². The standard InChI is InChI=1S/C17H15FN2O4/c18-13-7-5-12(6-8-13)16-11-19(9-10-24-16)17(21)14-3-1-2-4-15(14)20(22)23/h1-8,16H,9-11H2. The number of benzene rings is 2. The number of carbonyl (C=O) groups is 1. The first-order chi connectivity index (χ1) is 11.6. The highest BCUT2D eigenvalue weighted by Crippen LogP contribution is 2.26. The topological polar surface area (TPSA) is 72.7 Å². The monoisotopic (exact) mass is 330 g/mol. The van der Waals surface area contributed by atoms with E-state index in [1.54, 1.807) is 18.2 Å². The minimum absolute atomic E-state index is 0.0576. The highest BCUT2D eigenvalue weighted by Gasteiger charge is 2.29. The average molecular weight is 330 g/mol. The summed E-state index contributed by atoms with van der Waals surface area (Å²) in [7, 11) is 0. The van der Waals surface area contributed by atoms with Crippen LogP contribution in [0.3, 0.4) is 0 Å². The Morgan fingerprint density at radius 1 is 1.21 bits per heavy atom. The Hall–Kier alpha value is -2.80. The van der Waals surface area contributed by atoms with Crippen molar-refractivity contribution < 1.29 is 18.8 Å². The van der Waals surface area contributed by atoms with Crippen LogP contribution >= 0.6 is 0 Å². The van der Waals surface area contributed by atoms with Crippen LogP contribution in [0.1, 0.15) is 22.0 Å². The summed E-state index contributed by atoms with van der Waals surface area (Å²) in [6.07, 6.45) is -0.383. The number of carbonyl (C=O) groups excluding carboxylic acids is 1. The molecule has 1 atom stereocenters. The van der Waals surface area contributed by atoms with E-state index in [4.69, 9.17) is 4.74 Å². The third kappa shape index (κ3) is 3.26. The molecule has 3 rings (SSSR count). The van der Waals surface area contributed by atoms with Gasteiger partial charge in [0.05, 0.1) is 18.1 Å². The van der Waals surface area contributed by atoms with E-state index in [0.29, 0.717) is 13.2 Å². The number of ether oxygens (including phenoxy) is 1. The zero-order valence-electron chi connectivity index (χ0n) is 12.7. The molecule has 0 N–H and O–H groups in total. The summed E-state index contributed by atoms with van der Waals surface area (Å²) in [5.41, 5.74) is 0.603. The summed E-state index contributed by atoms with van der Waals surface area (Å²) >= 11 is 0. The molecule has 2 aromatic rings. The van der Waals surface area contributed by atoms with Crippen molar-refractivity contribution in [3.63, 3.8) is 0 Å². The van der Waals surface area contributed by atoms with Crippen LogP contribution in [0.4, 0.5) is 10.1 Å². The van der Waals surface area contributed by atoms with E-state index < -0.39 is 10.8 Å². The first kappa shape index (κ1) is 16.1. The number of amides is 1. The number of para-hydroxylation sites is 1. The predicted octanol–water partition coefficient (Wildman–Crippen LogP) is 2.95. The molecular weight excluding hydrogens is 315 g/mol. The van der Waals surface area contributed by atoms with Gasteiger partial charge in [-0.25, -0.2) is 4.39 Å². The van der Waals surface area contributed by atoms with Crippen molar-refractivity contribution in [3.05, 3.63) is 75.6 Å². The fraction of sp³-hybridized carbons (Fsp3) is 0.235. The molecule has 24 heavy (non-hydrogen) atoms. The van der Waals surface area contributed by atoms with Crippen molar-refractivity contribution in [1.29, 1.82) is 0 Å². The molecule has 1 amide bonds. The summed E-state index contributed by atoms with van der Waals surface area (Å²) in [5, 5.41) is 11.1. The Balaban J connectivity index is 1.81. The largest absolute Gasteiger partial charge is 0.370 e. The van der Waals surface area contributed by atoms with E-state index in [0.717, 1.165) is 5.56 Å². The van der Waals surface area contributed by atoms with Crippen molar-refractivity contribution in [2.45, 2.75) is 6.10 Å². The van der Waals surface area contributed by atoms with Crippen LogP contribution in [-0.2, 0) is 4.74 Å². The molecule has 0 aliphatic carbocycles. The predicted molar refractivity (Wildman–Crippen MR) is 84.1 cm³/mol. The fourth-order valence-corrected chi connectivity index (χ4v) is 2.70. The van der Waals surface area contributed by atoms with Crippen molar-refractivity contribution in [2.75, 3.05) is 19.7 Å². The first-order valence-electron chi connectivity index (χ1n) is 7.46. The number of rotatable bonds is 3. The van der Waals surface area contributed by atoms with Crippen molar-refractivity contribution in [1.82, 2.24) is 4.90 Å². The van der Waals surface area contributed by atoms with Crippen LogP contribution in [0.25, 0.3) is 0 Å². The Labute approximate surface area is 137 Å². The maximum absolute atomic E-state index is 13.0. The molecule has 1 saturated heterocycles. The molecule has 0 radical (unpaired) electrons. The average Bonchev–Trinajstić information content (AvgIpc) is 2.62. The molecule has 0 bridgehead atoms. The molecule has 1 heterocycles. The molecule has 0 saturated carbocycles. The lowest BCUT2D eigenvalue weighted by Gasteiger charge is -2.33. The zero-order valence-corrected chi connectivity index (χ0v) is 12.7. The van der Waals surface area contributed by atoms with Gasteiger partial charge in [0.2, 0.25) is 0 Å². The van der Waals surface area contributed by atoms with Gasteiger partial charge in [-0.3, -0.25) is 14.9 Å². The first-order valence-corrected chi connectivity index (χ1v) is 7.46. The number of hydrogen-bond donors (Lipinski definition) is 0. The summed E-state index contributed by atoms with van der Waals surface area (Å²) in [4.78, 5) is 24.7. The fourth-order valence-electron chi connectivity index (χ4n) is 2.70. The lowest BCUT2D eigenvalue weighted by molar-refractivity contribution is -0.385. The SMILES string of the molecule is O=C(c1ccccc1[N+](=O)[O-])N1CCOC(c2ccc(F)cc2)C1. The maximum Gasteiger partial charge on any atom is 0.282 e. The van der Waals surface area contributed by atoms with Gasteiger partial charge in [-0.2, -0.15) is 0 Å². The molecule has 1 aliphatic rings. The van der Waals surface area contributed by atoms with Crippen molar-refractivity contribution in [3.8, 4) is 0 Å². The number of nitrogens with zero attached hydrogens (tertiary/aromatic N) is 2. The molecule has 7 heteroatoms. The van der Waals surface area contributed by atoms with Crippen LogP contribution in [0.2, 0.25) is 0 Å². The van der Waals surface area contributed by atoms with E-state index in [1.165, 1.54) is 35.2 Å². The van der Waals surface area contributed by atoms with Gasteiger partial charge in [-0.1, -0.05) is 24.3 Å². The number of nitro benzene ring substituents is 1. The van der Waals surface area contributed by atoms with Gasteiger partial charge < -0.3 is 9.64 Å². The van der Waals surface area contributed by atoms with Gasteiger partial charge in [-0.15, -0.1) is 0 Å².